The molecule has 6 rings (SSSR count). The minimum atomic E-state index is -1.31. The summed E-state index contributed by atoms with van der Waals surface area (Å²) in [6, 6.07) is 0.196. The number of imidazole rings is 1. The van der Waals surface area contributed by atoms with E-state index in [0.717, 1.165) is 42.2 Å². The number of anilines is 1. The summed E-state index contributed by atoms with van der Waals surface area (Å²) in [6.07, 6.45) is 13.1. The molecule has 3 aliphatic rings. The van der Waals surface area contributed by atoms with Crippen molar-refractivity contribution in [2.45, 2.75) is 89.6 Å². The summed E-state index contributed by atoms with van der Waals surface area (Å²) in [5, 5.41) is 27.8. The number of hydrogen-bond acceptors (Lipinski definition) is 7. The number of hydrogen-bond donors (Lipinski definition) is 4. The predicted octanol–water partition coefficient (Wildman–Crippen LogP) is 4.66. The topological polar surface area (TPSA) is 147 Å². The average molecular weight is 534 g/mol. The molecule has 208 valence electrons. The number of fused-ring (bicyclic) bond motifs is 1. The normalized spacial score (nSPS) is 23.3. The molecule has 0 radical (unpaired) electrons. The molecule has 0 spiro atoms. The van der Waals surface area contributed by atoms with Gasteiger partial charge in [0.2, 0.25) is 0 Å². The van der Waals surface area contributed by atoms with Crippen LogP contribution in [0.2, 0.25) is 0 Å². The van der Waals surface area contributed by atoms with Crippen molar-refractivity contribution in [3.8, 4) is 0 Å². The van der Waals surface area contributed by atoms with Gasteiger partial charge < -0.3 is 15.0 Å². The highest BCUT2D eigenvalue weighted by atomic mass is 16.4. The Labute approximate surface area is 228 Å². The van der Waals surface area contributed by atoms with E-state index >= 15 is 0 Å². The quantitative estimate of drug-likeness (QED) is 0.243. The van der Waals surface area contributed by atoms with Crippen LogP contribution in [-0.4, -0.2) is 52.4 Å². The highest BCUT2D eigenvalue weighted by Gasteiger charge is 2.51. The van der Waals surface area contributed by atoms with Crippen molar-refractivity contribution in [3.63, 3.8) is 0 Å². The van der Waals surface area contributed by atoms with Crippen LogP contribution < -0.4 is 10.6 Å². The standard InChI is InChI=1S/C28H39N9O2/c1-16-7-9-18(10-8-16)14-37-21-23(31-17(2)19-5-4-6-19)33-25(22(29)32-27(38)39)34-24(21)35-26(37)28(11-12-28)20-13-30-36(3)15-20/h13,15-19H,4-12,14H2,1-3H3,(H2,29,32)(H,38,39)(H,31,33,34)/t16?,17-,18?/m1/s1. The summed E-state index contributed by atoms with van der Waals surface area (Å²) in [5.41, 5.74) is 2.30. The van der Waals surface area contributed by atoms with Gasteiger partial charge in [-0.25, -0.2) is 19.7 Å². The van der Waals surface area contributed by atoms with E-state index in [1.54, 1.807) is 0 Å². The van der Waals surface area contributed by atoms with Crippen LogP contribution in [0.4, 0.5) is 10.6 Å². The fourth-order valence-corrected chi connectivity index (χ4v) is 6.43. The number of nitrogens with one attached hydrogen (secondary N) is 3. The molecule has 3 saturated carbocycles. The van der Waals surface area contributed by atoms with Crippen LogP contribution in [0.3, 0.4) is 0 Å². The van der Waals surface area contributed by atoms with E-state index < -0.39 is 6.09 Å². The molecule has 3 aromatic rings. The van der Waals surface area contributed by atoms with Gasteiger partial charge in [-0.1, -0.05) is 26.2 Å². The maximum absolute atomic E-state index is 11.3. The number of nitrogens with zero attached hydrogens (tertiary/aromatic N) is 6. The first-order valence-corrected chi connectivity index (χ1v) is 14.4. The van der Waals surface area contributed by atoms with Crippen LogP contribution >= 0.6 is 0 Å². The van der Waals surface area contributed by atoms with Crippen LogP contribution in [0.25, 0.3) is 11.2 Å². The summed E-state index contributed by atoms with van der Waals surface area (Å²) < 4.78 is 4.19. The van der Waals surface area contributed by atoms with E-state index in [1.165, 1.54) is 44.9 Å². The predicted molar refractivity (Wildman–Crippen MR) is 148 cm³/mol. The van der Waals surface area contributed by atoms with Gasteiger partial charge in [-0.05, 0) is 63.2 Å². The van der Waals surface area contributed by atoms with E-state index in [4.69, 9.17) is 15.4 Å². The van der Waals surface area contributed by atoms with Gasteiger partial charge in [-0.3, -0.25) is 15.4 Å². The monoisotopic (exact) mass is 533 g/mol. The van der Waals surface area contributed by atoms with Crippen LogP contribution in [0.5, 0.6) is 0 Å². The van der Waals surface area contributed by atoms with E-state index in [1.807, 2.05) is 17.9 Å². The summed E-state index contributed by atoms with van der Waals surface area (Å²) >= 11 is 0. The molecule has 39 heavy (non-hydrogen) atoms. The maximum atomic E-state index is 11.3. The zero-order valence-electron chi connectivity index (χ0n) is 23.1. The lowest BCUT2D eigenvalue weighted by Gasteiger charge is -2.32. The van der Waals surface area contributed by atoms with Crippen molar-refractivity contribution in [2.75, 3.05) is 5.32 Å². The Morgan fingerprint density at radius 1 is 1.18 bits per heavy atom. The highest BCUT2D eigenvalue weighted by molar-refractivity contribution is 6.03. The summed E-state index contributed by atoms with van der Waals surface area (Å²) in [6.45, 7) is 5.37. The Hall–Kier alpha value is -3.50. The summed E-state index contributed by atoms with van der Waals surface area (Å²) in [5.74, 6) is 3.17. The third-order valence-corrected chi connectivity index (χ3v) is 9.29. The molecular weight excluding hydrogens is 494 g/mol. The largest absolute Gasteiger partial charge is 0.465 e. The molecule has 1 atom stereocenters. The van der Waals surface area contributed by atoms with Crippen molar-refractivity contribution in [2.24, 2.45) is 24.8 Å². The molecule has 0 unspecified atom stereocenters. The first-order valence-electron chi connectivity index (χ1n) is 14.4. The maximum Gasteiger partial charge on any atom is 0.410 e. The van der Waals surface area contributed by atoms with Crippen molar-refractivity contribution < 1.29 is 9.90 Å². The van der Waals surface area contributed by atoms with Crippen molar-refractivity contribution in [1.82, 2.24) is 34.6 Å². The minimum Gasteiger partial charge on any atom is -0.465 e. The molecule has 3 fully saturated rings. The minimum absolute atomic E-state index is 0.0297. The van der Waals surface area contributed by atoms with E-state index in [9.17, 15) is 9.90 Å². The van der Waals surface area contributed by atoms with E-state index in [0.29, 0.717) is 23.3 Å². The molecule has 11 nitrogen and oxygen atoms in total. The first-order chi connectivity index (χ1) is 18.7. The second-order valence-electron chi connectivity index (χ2n) is 12.2. The number of aromatic nitrogens is 6. The molecule has 3 aliphatic carbocycles. The third kappa shape index (κ3) is 4.87. The molecule has 3 aromatic heterocycles. The second kappa shape index (κ2) is 9.91. The Balaban J connectivity index is 1.50. The molecule has 11 heteroatoms. The van der Waals surface area contributed by atoms with Gasteiger partial charge in [0.25, 0.3) is 0 Å². The molecule has 0 saturated heterocycles. The van der Waals surface area contributed by atoms with Gasteiger partial charge in [0.1, 0.15) is 11.3 Å². The summed E-state index contributed by atoms with van der Waals surface area (Å²) in [7, 11) is 1.94. The van der Waals surface area contributed by atoms with Crippen molar-refractivity contribution >= 4 is 28.9 Å². The lowest BCUT2D eigenvalue weighted by atomic mass is 9.80. The molecular formula is C28H39N9O2. The molecule has 0 bridgehead atoms. The van der Waals surface area contributed by atoms with Gasteiger partial charge in [-0.2, -0.15) is 5.10 Å². The Morgan fingerprint density at radius 3 is 2.51 bits per heavy atom. The smallest absolute Gasteiger partial charge is 0.410 e. The van der Waals surface area contributed by atoms with Gasteiger partial charge in [0.05, 0.1) is 11.6 Å². The Bertz CT molecular complexity index is 1390. The first kappa shape index (κ1) is 25.8. The Kier molecular flexibility index (Phi) is 6.55. The molecule has 1 amide bonds. The molecule has 0 aromatic carbocycles. The highest BCUT2D eigenvalue weighted by Crippen LogP contribution is 2.54. The summed E-state index contributed by atoms with van der Waals surface area (Å²) in [4.78, 5) is 25.8. The van der Waals surface area contributed by atoms with Gasteiger partial charge in [-0.15, -0.1) is 0 Å². The fraction of sp³-hybridized carbons (Fsp3) is 0.643. The zero-order valence-corrected chi connectivity index (χ0v) is 23.1. The number of amidine groups is 1. The van der Waals surface area contributed by atoms with Gasteiger partial charge >= 0.3 is 6.09 Å². The van der Waals surface area contributed by atoms with Crippen molar-refractivity contribution in [1.29, 1.82) is 5.41 Å². The van der Waals surface area contributed by atoms with Crippen LogP contribution in [0.15, 0.2) is 12.4 Å². The lowest BCUT2D eigenvalue weighted by molar-refractivity contribution is 0.200. The van der Waals surface area contributed by atoms with Gasteiger partial charge in [0.15, 0.2) is 23.1 Å². The van der Waals surface area contributed by atoms with Crippen LogP contribution in [-0.2, 0) is 19.0 Å². The lowest BCUT2D eigenvalue weighted by Crippen LogP contribution is -2.33. The number of aryl methyl sites for hydroxylation is 1. The molecule has 0 aliphatic heterocycles. The SMILES string of the molecule is CC1CCC(Cn2c(C3(c4cnn(C)c4)CC3)nc3nc(C(=N)NC(=O)O)nc(N[C@H](C)C4CCC4)c32)CC1. The fourth-order valence-electron chi connectivity index (χ4n) is 6.43. The number of rotatable bonds is 8. The number of amides is 1. The Morgan fingerprint density at radius 2 is 1.92 bits per heavy atom. The average Bonchev–Trinajstić information content (AvgIpc) is 3.40. The molecule has 3 heterocycles. The van der Waals surface area contributed by atoms with Gasteiger partial charge in [0, 0.05) is 31.4 Å². The second-order valence-corrected chi connectivity index (χ2v) is 12.2. The zero-order chi connectivity index (χ0) is 27.3. The number of carbonyl (C=O) groups is 1. The number of carboxylic acid groups (broad SMARTS) is 1. The molecule has 4 N–H and O–H groups in total. The van der Waals surface area contributed by atoms with Crippen LogP contribution in [0, 0.1) is 23.2 Å². The van der Waals surface area contributed by atoms with Crippen LogP contribution in [0.1, 0.15) is 88.8 Å². The van der Waals surface area contributed by atoms with E-state index in [2.05, 4.69) is 45.3 Å². The van der Waals surface area contributed by atoms with Crippen molar-refractivity contribution in [3.05, 3.63) is 29.6 Å². The third-order valence-electron chi connectivity index (χ3n) is 9.29. The van der Waals surface area contributed by atoms with E-state index in [-0.39, 0.29) is 23.1 Å².